The third kappa shape index (κ3) is 5.19. The summed E-state index contributed by atoms with van der Waals surface area (Å²) in [6, 6.07) is 9.45. The average Bonchev–Trinajstić information content (AvgIpc) is 3.10. The van der Waals surface area contributed by atoms with Gasteiger partial charge < -0.3 is 18.9 Å². The minimum absolute atomic E-state index is 0.125. The molecular formula is C25H30O6. The van der Waals surface area contributed by atoms with Gasteiger partial charge >= 0.3 is 5.97 Å². The SMILES string of the molecule is COc1ccc(-c2cccc3c2CCC3=O)c(OCCOC(=O)CC(C)(C)C)c1OC. The zero-order chi connectivity index (χ0) is 22.6. The van der Waals surface area contributed by atoms with Gasteiger partial charge in [0.05, 0.1) is 20.6 Å². The lowest BCUT2D eigenvalue weighted by Gasteiger charge is -2.20. The molecule has 0 amide bonds. The standard InChI is InChI=1S/C25H30O6/c1-25(2,3)15-22(27)30-13-14-31-23-19(10-12-21(28-4)24(23)29-5)16-7-6-8-18-17(16)9-11-20(18)26/h6-8,10,12H,9,11,13-15H2,1-5H3. The van der Waals surface area contributed by atoms with Crippen LogP contribution in [0.15, 0.2) is 30.3 Å². The van der Waals surface area contributed by atoms with Crippen LogP contribution in [0, 0.1) is 5.41 Å². The Balaban J connectivity index is 1.87. The molecule has 0 aromatic heterocycles. The summed E-state index contributed by atoms with van der Waals surface area (Å²) < 4.78 is 22.4. The number of hydrogen-bond donors (Lipinski definition) is 0. The van der Waals surface area contributed by atoms with Gasteiger partial charge in [0, 0.05) is 17.5 Å². The number of ketones is 1. The van der Waals surface area contributed by atoms with Gasteiger partial charge in [0.15, 0.2) is 17.3 Å². The normalized spacial score (nSPS) is 13.0. The number of methoxy groups -OCH3 is 2. The minimum atomic E-state index is -0.256. The Kier molecular flexibility index (Phi) is 6.88. The fraction of sp³-hybridized carbons (Fsp3) is 0.440. The van der Waals surface area contributed by atoms with Crippen molar-refractivity contribution in [2.45, 2.75) is 40.0 Å². The molecule has 3 rings (SSSR count). The molecule has 2 aromatic rings. The van der Waals surface area contributed by atoms with E-state index in [4.69, 9.17) is 18.9 Å². The fourth-order valence-electron chi connectivity index (χ4n) is 3.78. The molecule has 1 aliphatic rings. The summed E-state index contributed by atoms with van der Waals surface area (Å²) in [7, 11) is 3.12. The van der Waals surface area contributed by atoms with Crippen molar-refractivity contribution in [1.29, 1.82) is 0 Å². The maximum Gasteiger partial charge on any atom is 0.306 e. The van der Waals surface area contributed by atoms with Crippen LogP contribution in [0.3, 0.4) is 0 Å². The highest BCUT2D eigenvalue weighted by molar-refractivity contribution is 6.02. The zero-order valence-corrected chi connectivity index (χ0v) is 18.9. The predicted molar refractivity (Wildman–Crippen MR) is 118 cm³/mol. The Morgan fingerprint density at radius 2 is 1.65 bits per heavy atom. The Labute approximate surface area is 183 Å². The largest absolute Gasteiger partial charge is 0.493 e. The van der Waals surface area contributed by atoms with Gasteiger partial charge in [-0.3, -0.25) is 9.59 Å². The molecule has 0 atom stereocenters. The van der Waals surface area contributed by atoms with Crippen LogP contribution in [0.4, 0.5) is 0 Å². The molecule has 0 radical (unpaired) electrons. The summed E-state index contributed by atoms with van der Waals surface area (Å²) in [5.41, 5.74) is 3.39. The molecule has 0 saturated carbocycles. The van der Waals surface area contributed by atoms with Crippen molar-refractivity contribution in [2.75, 3.05) is 27.4 Å². The number of rotatable bonds is 8. The quantitative estimate of drug-likeness (QED) is 0.444. The van der Waals surface area contributed by atoms with Crippen molar-refractivity contribution >= 4 is 11.8 Å². The average molecular weight is 427 g/mol. The number of carbonyl (C=O) groups is 2. The van der Waals surface area contributed by atoms with Crippen LogP contribution in [0.2, 0.25) is 0 Å². The summed E-state index contributed by atoms with van der Waals surface area (Å²) in [4.78, 5) is 24.2. The van der Waals surface area contributed by atoms with Crippen LogP contribution in [0.25, 0.3) is 11.1 Å². The van der Waals surface area contributed by atoms with E-state index >= 15 is 0 Å². The number of hydrogen-bond acceptors (Lipinski definition) is 6. The summed E-state index contributed by atoms with van der Waals surface area (Å²) in [5, 5.41) is 0. The van der Waals surface area contributed by atoms with Gasteiger partial charge in [0.1, 0.15) is 13.2 Å². The molecular weight excluding hydrogens is 396 g/mol. The maximum absolute atomic E-state index is 12.2. The molecule has 166 valence electrons. The van der Waals surface area contributed by atoms with Gasteiger partial charge in [0.2, 0.25) is 5.75 Å². The first-order valence-corrected chi connectivity index (χ1v) is 10.4. The van der Waals surface area contributed by atoms with Gasteiger partial charge in [-0.15, -0.1) is 0 Å². The van der Waals surface area contributed by atoms with Crippen molar-refractivity contribution in [3.63, 3.8) is 0 Å². The van der Waals surface area contributed by atoms with Crippen LogP contribution in [-0.4, -0.2) is 39.2 Å². The highest BCUT2D eigenvalue weighted by Crippen LogP contribution is 2.46. The lowest BCUT2D eigenvalue weighted by atomic mass is 9.93. The topological polar surface area (TPSA) is 71.1 Å². The molecule has 6 heteroatoms. The van der Waals surface area contributed by atoms with Crippen LogP contribution in [0.1, 0.15) is 49.5 Å². The van der Waals surface area contributed by atoms with E-state index in [-0.39, 0.29) is 30.4 Å². The summed E-state index contributed by atoms with van der Waals surface area (Å²) in [6.45, 7) is 6.25. The van der Waals surface area contributed by atoms with Gasteiger partial charge in [-0.2, -0.15) is 0 Å². The second-order valence-electron chi connectivity index (χ2n) is 8.74. The van der Waals surface area contributed by atoms with E-state index in [9.17, 15) is 9.59 Å². The lowest BCUT2D eigenvalue weighted by molar-refractivity contribution is -0.146. The molecule has 0 heterocycles. The highest BCUT2D eigenvalue weighted by Gasteiger charge is 2.26. The molecule has 6 nitrogen and oxygen atoms in total. The van der Waals surface area contributed by atoms with Gasteiger partial charge in [0.25, 0.3) is 0 Å². The summed E-state index contributed by atoms with van der Waals surface area (Å²) >= 11 is 0. The first kappa shape index (κ1) is 22.7. The third-order valence-corrected chi connectivity index (χ3v) is 5.14. The monoisotopic (exact) mass is 426 g/mol. The van der Waals surface area contributed by atoms with Crippen LogP contribution >= 0.6 is 0 Å². The Hall–Kier alpha value is -3.02. The molecule has 0 aliphatic heterocycles. The molecule has 0 fully saturated rings. The second kappa shape index (κ2) is 9.41. The Morgan fingerprint density at radius 1 is 0.903 bits per heavy atom. The van der Waals surface area contributed by atoms with Crippen molar-refractivity contribution in [3.05, 3.63) is 41.5 Å². The van der Waals surface area contributed by atoms with Crippen molar-refractivity contribution in [1.82, 2.24) is 0 Å². The minimum Gasteiger partial charge on any atom is -0.493 e. The molecule has 0 N–H and O–H groups in total. The number of benzene rings is 2. The van der Waals surface area contributed by atoms with E-state index in [0.29, 0.717) is 36.5 Å². The maximum atomic E-state index is 12.2. The molecule has 0 bridgehead atoms. The van der Waals surface area contributed by atoms with Gasteiger partial charge in [-0.05, 0) is 35.1 Å². The van der Waals surface area contributed by atoms with E-state index in [1.54, 1.807) is 14.2 Å². The van der Waals surface area contributed by atoms with Crippen molar-refractivity contribution in [3.8, 4) is 28.4 Å². The molecule has 0 spiro atoms. The van der Waals surface area contributed by atoms with E-state index in [1.165, 1.54) is 0 Å². The zero-order valence-electron chi connectivity index (χ0n) is 18.9. The van der Waals surface area contributed by atoms with E-state index in [1.807, 2.05) is 51.1 Å². The third-order valence-electron chi connectivity index (χ3n) is 5.14. The number of fused-ring (bicyclic) bond motifs is 1. The van der Waals surface area contributed by atoms with E-state index < -0.39 is 0 Å². The lowest BCUT2D eigenvalue weighted by Crippen LogP contribution is -2.18. The molecule has 0 unspecified atom stereocenters. The Bertz CT molecular complexity index is 971. The number of Topliss-reactive ketones (excluding diaryl/α,β-unsaturated/α-hetero) is 1. The first-order chi connectivity index (χ1) is 14.7. The van der Waals surface area contributed by atoms with E-state index in [0.717, 1.165) is 22.3 Å². The fourth-order valence-corrected chi connectivity index (χ4v) is 3.78. The van der Waals surface area contributed by atoms with Crippen LogP contribution in [-0.2, 0) is 16.0 Å². The predicted octanol–water partition coefficient (Wildman–Crippen LogP) is 4.86. The summed E-state index contributed by atoms with van der Waals surface area (Å²) in [6.07, 6.45) is 1.55. The van der Waals surface area contributed by atoms with Crippen molar-refractivity contribution < 1.29 is 28.5 Å². The van der Waals surface area contributed by atoms with Gasteiger partial charge in [-0.1, -0.05) is 39.0 Å². The smallest absolute Gasteiger partial charge is 0.306 e. The molecule has 1 aliphatic carbocycles. The number of esters is 1. The van der Waals surface area contributed by atoms with Crippen molar-refractivity contribution in [2.24, 2.45) is 5.41 Å². The molecule has 31 heavy (non-hydrogen) atoms. The van der Waals surface area contributed by atoms with Gasteiger partial charge in [-0.25, -0.2) is 0 Å². The molecule has 0 saturated heterocycles. The highest BCUT2D eigenvalue weighted by atomic mass is 16.6. The molecule has 2 aromatic carbocycles. The second-order valence-corrected chi connectivity index (χ2v) is 8.74. The number of carbonyl (C=O) groups excluding carboxylic acids is 2. The van der Waals surface area contributed by atoms with E-state index in [2.05, 4.69) is 0 Å². The number of ether oxygens (including phenoxy) is 4. The summed E-state index contributed by atoms with van der Waals surface area (Å²) in [5.74, 6) is 1.40. The first-order valence-electron chi connectivity index (χ1n) is 10.4. The van der Waals surface area contributed by atoms with Crippen LogP contribution in [0.5, 0.6) is 17.2 Å². The van der Waals surface area contributed by atoms with Crippen LogP contribution < -0.4 is 14.2 Å². The Morgan fingerprint density at radius 3 is 2.32 bits per heavy atom.